The van der Waals surface area contributed by atoms with Gasteiger partial charge in [-0.25, -0.2) is 5.43 Å². The summed E-state index contributed by atoms with van der Waals surface area (Å²) in [5.41, 5.74) is 4.51. The van der Waals surface area contributed by atoms with Gasteiger partial charge in [0.05, 0.1) is 15.6 Å². The first kappa shape index (κ1) is 19.4. The molecule has 29 heavy (non-hydrogen) atoms. The van der Waals surface area contributed by atoms with Gasteiger partial charge < -0.3 is 4.74 Å². The number of benzene rings is 3. The molecule has 6 heteroatoms. The number of hydrogen-bond acceptors (Lipinski definition) is 4. The molecule has 1 aromatic heterocycles. The molecule has 0 bridgehead atoms. The highest BCUT2D eigenvalue weighted by molar-refractivity contribution is 9.10. The van der Waals surface area contributed by atoms with Gasteiger partial charge in [0.2, 0.25) is 0 Å². The van der Waals surface area contributed by atoms with Crippen molar-refractivity contribution in [3.05, 3.63) is 98.7 Å². The number of carbonyl (C=O) groups is 1. The van der Waals surface area contributed by atoms with Crippen LogP contribution in [0.25, 0.3) is 10.8 Å². The summed E-state index contributed by atoms with van der Waals surface area (Å²) in [5.74, 6) is 0.531. The average Bonchev–Trinajstić information content (AvgIpc) is 3.28. The van der Waals surface area contributed by atoms with E-state index in [1.165, 1.54) is 22.1 Å². The van der Waals surface area contributed by atoms with Crippen molar-refractivity contribution in [2.45, 2.75) is 6.61 Å². The van der Waals surface area contributed by atoms with Gasteiger partial charge in [-0.15, -0.1) is 11.3 Å². The highest BCUT2D eigenvalue weighted by atomic mass is 79.9. The predicted octanol–water partition coefficient (Wildman–Crippen LogP) is 6.01. The van der Waals surface area contributed by atoms with Gasteiger partial charge in [-0.05, 0) is 67.5 Å². The molecule has 1 heterocycles. The molecule has 0 aliphatic rings. The van der Waals surface area contributed by atoms with Gasteiger partial charge in [0.1, 0.15) is 12.4 Å². The number of nitrogens with zero attached hydrogens (tertiary/aromatic N) is 1. The molecular weight excluding hydrogens is 448 g/mol. The zero-order valence-electron chi connectivity index (χ0n) is 15.3. The Labute approximate surface area is 181 Å². The summed E-state index contributed by atoms with van der Waals surface area (Å²) in [6, 6.07) is 23.8. The summed E-state index contributed by atoms with van der Waals surface area (Å²) in [5, 5.41) is 8.26. The van der Waals surface area contributed by atoms with Gasteiger partial charge in [-0.3, -0.25) is 4.79 Å². The molecule has 144 valence electrons. The van der Waals surface area contributed by atoms with Gasteiger partial charge in [0, 0.05) is 0 Å². The van der Waals surface area contributed by atoms with Crippen molar-refractivity contribution < 1.29 is 9.53 Å². The Bertz CT molecular complexity index is 1170. The van der Waals surface area contributed by atoms with Crippen LogP contribution in [0, 0.1) is 0 Å². The normalized spacial score (nSPS) is 11.1. The van der Waals surface area contributed by atoms with E-state index in [9.17, 15) is 4.79 Å². The van der Waals surface area contributed by atoms with Gasteiger partial charge in [-0.1, -0.05) is 48.5 Å². The Morgan fingerprint density at radius 2 is 1.93 bits per heavy atom. The summed E-state index contributed by atoms with van der Waals surface area (Å²) < 4.78 is 6.84. The number of thiophene rings is 1. The lowest BCUT2D eigenvalue weighted by Gasteiger charge is -2.11. The summed E-state index contributed by atoms with van der Waals surface area (Å²) in [6.07, 6.45) is 1.60. The first-order chi connectivity index (χ1) is 14.2. The monoisotopic (exact) mass is 464 g/mol. The number of halogens is 1. The number of nitrogens with one attached hydrogen (secondary N) is 1. The van der Waals surface area contributed by atoms with Crippen LogP contribution in [0.3, 0.4) is 0 Å². The van der Waals surface area contributed by atoms with Crippen LogP contribution >= 0.6 is 27.3 Å². The van der Waals surface area contributed by atoms with E-state index in [1.807, 2.05) is 47.8 Å². The predicted molar refractivity (Wildman–Crippen MR) is 122 cm³/mol. The topological polar surface area (TPSA) is 50.7 Å². The minimum absolute atomic E-state index is 0.217. The van der Waals surface area contributed by atoms with E-state index < -0.39 is 0 Å². The molecule has 1 amide bonds. The van der Waals surface area contributed by atoms with Gasteiger partial charge in [-0.2, -0.15) is 5.10 Å². The number of fused-ring (bicyclic) bond motifs is 1. The van der Waals surface area contributed by atoms with Gasteiger partial charge in [0.25, 0.3) is 5.91 Å². The van der Waals surface area contributed by atoms with E-state index in [4.69, 9.17) is 4.74 Å². The van der Waals surface area contributed by atoms with Crippen LogP contribution in [-0.2, 0) is 6.61 Å². The molecule has 0 aliphatic heterocycles. The Balaban J connectivity index is 1.41. The average molecular weight is 465 g/mol. The number of hydrazone groups is 1. The summed E-state index contributed by atoms with van der Waals surface area (Å²) in [6.45, 7) is 0.476. The van der Waals surface area contributed by atoms with Crippen LogP contribution in [-0.4, -0.2) is 12.1 Å². The largest absolute Gasteiger partial charge is 0.488 e. The summed E-state index contributed by atoms with van der Waals surface area (Å²) >= 11 is 4.93. The lowest BCUT2D eigenvalue weighted by Crippen LogP contribution is -2.16. The van der Waals surface area contributed by atoms with Crippen molar-refractivity contribution in [3.63, 3.8) is 0 Å². The zero-order chi connectivity index (χ0) is 20.1. The van der Waals surface area contributed by atoms with Crippen molar-refractivity contribution in [1.29, 1.82) is 0 Å². The highest BCUT2D eigenvalue weighted by Gasteiger charge is 2.06. The van der Waals surface area contributed by atoms with Crippen LogP contribution in [0.2, 0.25) is 0 Å². The van der Waals surface area contributed by atoms with E-state index in [0.29, 0.717) is 11.5 Å². The third-order valence-electron chi connectivity index (χ3n) is 4.34. The maximum atomic E-state index is 11.9. The molecule has 0 fully saturated rings. The number of carbonyl (C=O) groups excluding carboxylic acids is 1. The Morgan fingerprint density at radius 1 is 1.07 bits per heavy atom. The second kappa shape index (κ2) is 9.03. The Morgan fingerprint density at radius 3 is 2.76 bits per heavy atom. The third kappa shape index (κ3) is 4.72. The van der Waals surface area contributed by atoms with Crippen molar-refractivity contribution in [1.82, 2.24) is 5.43 Å². The van der Waals surface area contributed by atoms with Crippen molar-refractivity contribution in [2.24, 2.45) is 5.10 Å². The zero-order valence-corrected chi connectivity index (χ0v) is 17.7. The molecule has 1 N–H and O–H groups in total. The molecule has 0 spiro atoms. The van der Waals surface area contributed by atoms with Crippen LogP contribution in [0.5, 0.6) is 5.75 Å². The fourth-order valence-corrected chi connectivity index (χ4v) is 4.04. The quantitative estimate of drug-likeness (QED) is 0.280. The smallest absolute Gasteiger partial charge is 0.281 e. The maximum Gasteiger partial charge on any atom is 0.281 e. The van der Waals surface area contributed by atoms with Crippen LogP contribution in [0.15, 0.2) is 87.8 Å². The Hall–Kier alpha value is -2.96. The minimum atomic E-state index is -0.217. The Kier molecular flexibility index (Phi) is 6.03. The lowest BCUT2D eigenvalue weighted by atomic mass is 10.1. The maximum absolute atomic E-state index is 11.9. The molecule has 4 rings (SSSR count). The molecule has 3 aromatic carbocycles. The molecule has 0 radical (unpaired) electrons. The van der Waals surface area contributed by atoms with Crippen LogP contribution in [0.4, 0.5) is 0 Å². The molecule has 0 saturated heterocycles. The van der Waals surface area contributed by atoms with Crippen LogP contribution < -0.4 is 10.2 Å². The second-order valence-corrected chi connectivity index (χ2v) is 8.10. The molecule has 0 aliphatic carbocycles. The molecule has 0 unspecified atom stereocenters. The number of ether oxygens (including phenoxy) is 1. The first-order valence-corrected chi connectivity index (χ1v) is 10.6. The third-order valence-corrected chi connectivity index (χ3v) is 5.83. The van der Waals surface area contributed by atoms with Gasteiger partial charge in [0.15, 0.2) is 0 Å². The lowest BCUT2D eigenvalue weighted by molar-refractivity contribution is 0.0959. The summed E-state index contributed by atoms with van der Waals surface area (Å²) in [4.78, 5) is 12.5. The molecule has 4 aromatic rings. The molecule has 4 nitrogen and oxygen atoms in total. The standard InChI is InChI=1S/C23H17BrN2O2S/c24-20-13-16(14-25-26-23(27)22-9-4-12-29-22)10-11-21(20)28-15-18-7-3-6-17-5-1-2-8-19(17)18/h1-14H,15H2,(H,26,27)/b25-14-. The van der Waals surface area contributed by atoms with Crippen molar-refractivity contribution >= 4 is 50.2 Å². The fraction of sp³-hybridized carbons (Fsp3) is 0.0435. The van der Waals surface area contributed by atoms with Crippen LogP contribution in [0.1, 0.15) is 20.8 Å². The number of rotatable bonds is 6. The second-order valence-electron chi connectivity index (χ2n) is 6.29. The van der Waals surface area contributed by atoms with Crippen molar-refractivity contribution in [2.75, 3.05) is 0 Å². The fourth-order valence-electron chi connectivity index (χ4n) is 2.92. The number of hydrogen-bond donors (Lipinski definition) is 1. The summed E-state index contributed by atoms with van der Waals surface area (Å²) in [7, 11) is 0. The van der Waals surface area contributed by atoms with E-state index in [1.54, 1.807) is 12.3 Å². The van der Waals surface area contributed by atoms with E-state index in [0.717, 1.165) is 21.3 Å². The first-order valence-electron chi connectivity index (χ1n) is 8.96. The van der Waals surface area contributed by atoms with E-state index >= 15 is 0 Å². The molecule has 0 saturated carbocycles. The minimum Gasteiger partial charge on any atom is -0.488 e. The van der Waals surface area contributed by atoms with Gasteiger partial charge >= 0.3 is 0 Å². The molecular formula is C23H17BrN2O2S. The molecule has 0 atom stereocenters. The SMILES string of the molecule is O=C(N/N=C\c1ccc(OCc2cccc3ccccc23)c(Br)c1)c1cccs1. The van der Waals surface area contributed by atoms with Crippen molar-refractivity contribution in [3.8, 4) is 5.75 Å². The number of amides is 1. The highest BCUT2D eigenvalue weighted by Crippen LogP contribution is 2.27. The van der Waals surface area contributed by atoms with E-state index in [2.05, 4.69) is 50.7 Å². The van der Waals surface area contributed by atoms with E-state index in [-0.39, 0.29) is 5.91 Å².